The smallest absolute Gasteiger partial charge is 0.0270 e. The molecule has 1 nitrogen and oxygen atoms in total. The molecule has 1 aromatic heterocycles. The maximum Gasteiger partial charge on any atom is 0.0270 e. The summed E-state index contributed by atoms with van der Waals surface area (Å²) in [6.07, 6.45) is 5.94. The fraction of sp³-hybridized carbons (Fsp3) is 0.312. The van der Waals surface area contributed by atoms with E-state index in [0.29, 0.717) is 5.92 Å². The highest BCUT2D eigenvalue weighted by Gasteiger charge is 2.06. The number of nitrogens with zero attached hydrogens (tertiary/aromatic N) is 1. The maximum absolute atomic E-state index is 4.06. The Morgan fingerprint density at radius 3 is 2.47 bits per heavy atom. The predicted molar refractivity (Wildman–Crippen MR) is 72.2 cm³/mol. The Morgan fingerprint density at radius 1 is 1.06 bits per heavy atom. The second-order valence-electron chi connectivity index (χ2n) is 4.56. The Balaban J connectivity index is 2.10. The van der Waals surface area contributed by atoms with Gasteiger partial charge in [-0.05, 0) is 47.6 Å². The molecule has 2 aromatic rings. The van der Waals surface area contributed by atoms with Crippen molar-refractivity contribution in [3.63, 3.8) is 0 Å². The van der Waals surface area contributed by atoms with E-state index in [0.717, 1.165) is 12.8 Å². The van der Waals surface area contributed by atoms with Crippen LogP contribution in [0.15, 0.2) is 48.8 Å². The van der Waals surface area contributed by atoms with Crippen molar-refractivity contribution >= 4 is 0 Å². The van der Waals surface area contributed by atoms with Crippen molar-refractivity contribution in [2.75, 3.05) is 0 Å². The molecule has 1 atom stereocenters. The van der Waals surface area contributed by atoms with Crippen LogP contribution in [0, 0.1) is 0 Å². The number of aromatic nitrogens is 1. The van der Waals surface area contributed by atoms with Gasteiger partial charge in [0, 0.05) is 12.4 Å². The molecule has 0 spiro atoms. The van der Waals surface area contributed by atoms with Crippen LogP contribution in [0.3, 0.4) is 0 Å². The normalized spacial score (nSPS) is 12.4. The molecule has 2 rings (SSSR count). The van der Waals surface area contributed by atoms with Gasteiger partial charge < -0.3 is 0 Å². The highest BCUT2D eigenvalue weighted by molar-refractivity contribution is 5.26. The Labute approximate surface area is 104 Å². The molecule has 0 saturated heterocycles. The number of aryl methyl sites for hydroxylation is 1. The monoisotopic (exact) mass is 225 g/mol. The lowest BCUT2D eigenvalue weighted by Crippen LogP contribution is -1.99. The van der Waals surface area contributed by atoms with Gasteiger partial charge in [-0.15, -0.1) is 0 Å². The van der Waals surface area contributed by atoms with Gasteiger partial charge in [0.05, 0.1) is 0 Å². The predicted octanol–water partition coefficient (Wildman–Crippen LogP) is 3.99. The van der Waals surface area contributed by atoms with Crippen molar-refractivity contribution in [2.24, 2.45) is 0 Å². The van der Waals surface area contributed by atoms with E-state index in [2.05, 4.69) is 55.2 Å². The first-order chi connectivity index (χ1) is 8.29. The van der Waals surface area contributed by atoms with Gasteiger partial charge >= 0.3 is 0 Å². The van der Waals surface area contributed by atoms with Crippen molar-refractivity contribution < 1.29 is 0 Å². The standard InChI is InChI=1S/C16H19N/c1-3-14-5-4-6-15(12-14)11-13(2)16-7-9-17-10-8-16/h4-10,12-13H,3,11H2,1-2H3. The van der Waals surface area contributed by atoms with Crippen LogP contribution >= 0.6 is 0 Å². The van der Waals surface area contributed by atoms with E-state index >= 15 is 0 Å². The molecule has 0 N–H and O–H groups in total. The molecule has 0 aliphatic rings. The average molecular weight is 225 g/mol. The van der Waals surface area contributed by atoms with Crippen LogP contribution < -0.4 is 0 Å². The average Bonchev–Trinajstić information content (AvgIpc) is 2.40. The lowest BCUT2D eigenvalue weighted by atomic mass is 9.93. The van der Waals surface area contributed by atoms with Crippen LogP contribution in [0.1, 0.15) is 36.5 Å². The number of benzene rings is 1. The minimum atomic E-state index is 0.546. The van der Waals surface area contributed by atoms with E-state index in [9.17, 15) is 0 Å². The van der Waals surface area contributed by atoms with E-state index in [-0.39, 0.29) is 0 Å². The van der Waals surface area contributed by atoms with Crippen LogP contribution in [-0.2, 0) is 12.8 Å². The lowest BCUT2D eigenvalue weighted by molar-refractivity contribution is 0.756. The fourth-order valence-electron chi connectivity index (χ4n) is 2.14. The number of hydrogen-bond acceptors (Lipinski definition) is 1. The van der Waals surface area contributed by atoms with E-state index in [1.807, 2.05) is 12.4 Å². The molecule has 88 valence electrons. The van der Waals surface area contributed by atoms with Crippen LogP contribution in [0.4, 0.5) is 0 Å². The van der Waals surface area contributed by atoms with Gasteiger partial charge in [-0.2, -0.15) is 0 Å². The first-order valence-electron chi connectivity index (χ1n) is 6.27. The highest BCUT2D eigenvalue weighted by atomic mass is 14.6. The Hall–Kier alpha value is -1.63. The molecule has 1 aromatic carbocycles. The van der Waals surface area contributed by atoms with E-state index in [1.165, 1.54) is 16.7 Å². The molecule has 0 fully saturated rings. The molecular formula is C16H19N. The fourth-order valence-corrected chi connectivity index (χ4v) is 2.14. The molecule has 0 radical (unpaired) electrons. The number of hydrogen-bond donors (Lipinski definition) is 0. The Kier molecular flexibility index (Phi) is 3.92. The molecule has 0 bridgehead atoms. The minimum Gasteiger partial charge on any atom is -0.265 e. The number of pyridine rings is 1. The third-order valence-corrected chi connectivity index (χ3v) is 3.22. The zero-order chi connectivity index (χ0) is 12.1. The first kappa shape index (κ1) is 11.8. The molecule has 1 unspecified atom stereocenters. The Bertz CT molecular complexity index is 462. The summed E-state index contributed by atoms with van der Waals surface area (Å²) in [5, 5.41) is 0. The van der Waals surface area contributed by atoms with Crippen molar-refractivity contribution in [1.82, 2.24) is 4.98 Å². The molecule has 0 saturated carbocycles. The minimum absolute atomic E-state index is 0.546. The molecule has 0 aliphatic carbocycles. The van der Waals surface area contributed by atoms with Crippen LogP contribution in [0.2, 0.25) is 0 Å². The Morgan fingerprint density at radius 2 is 1.76 bits per heavy atom. The summed E-state index contributed by atoms with van der Waals surface area (Å²) in [4.78, 5) is 4.06. The maximum atomic E-state index is 4.06. The molecule has 1 heterocycles. The largest absolute Gasteiger partial charge is 0.265 e. The summed E-state index contributed by atoms with van der Waals surface area (Å²) in [7, 11) is 0. The third-order valence-electron chi connectivity index (χ3n) is 3.22. The lowest BCUT2D eigenvalue weighted by Gasteiger charge is -2.12. The summed E-state index contributed by atoms with van der Waals surface area (Å²) >= 11 is 0. The molecule has 0 aliphatic heterocycles. The quantitative estimate of drug-likeness (QED) is 0.766. The van der Waals surface area contributed by atoms with Gasteiger partial charge in [-0.25, -0.2) is 0 Å². The summed E-state index contributed by atoms with van der Waals surface area (Å²) < 4.78 is 0. The van der Waals surface area contributed by atoms with Gasteiger partial charge in [-0.3, -0.25) is 4.98 Å². The highest BCUT2D eigenvalue weighted by Crippen LogP contribution is 2.20. The SMILES string of the molecule is CCc1cccc(CC(C)c2ccncc2)c1. The second-order valence-corrected chi connectivity index (χ2v) is 4.56. The van der Waals surface area contributed by atoms with Crippen LogP contribution in [-0.4, -0.2) is 4.98 Å². The van der Waals surface area contributed by atoms with Crippen LogP contribution in [0.25, 0.3) is 0 Å². The molecule has 17 heavy (non-hydrogen) atoms. The summed E-state index contributed by atoms with van der Waals surface area (Å²) in [6.45, 7) is 4.47. The van der Waals surface area contributed by atoms with Crippen molar-refractivity contribution in [3.8, 4) is 0 Å². The summed E-state index contributed by atoms with van der Waals surface area (Å²) in [5.41, 5.74) is 4.21. The number of rotatable bonds is 4. The summed E-state index contributed by atoms with van der Waals surface area (Å²) in [6, 6.07) is 13.1. The van der Waals surface area contributed by atoms with E-state index in [4.69, 9.17) is 0 Å². The van der Waals surface area contributed by atoms with Gasteiger partial charge in [0.15, 0.2) is 0 Å². The zero-order valence-corrected chi connectivity index (χ0v) is 10.6. The van der Waals surface area contributed by atoms with Crippen molar-refractivity contribution in [1.29, 1.82) is 0 Å². The van der Waals surface area contributed by atoms with Crippen LogP contribution in [0.5, 0.6) is 0 Å². The zero-order valence-electron chi connectivity index (χ0n) is 10.6. The van der Waals surface area contributed by atoms with Gasteiger partial charge in [0.2, 0.25) is 0 Å². The molecule has 1 heteroatoms. The van der Waals surface area contributed by atoms with Gasteiger partial charge in [0.25, 0.3) is 0 Å². The van der Waals surface area contributed by atoms with Crippen molar-refractivity contribution in [3.05, 3.63) is 65.5 Å². The second kappa shape index (κ2) is 5.62. The van der Waals surface area contributed by atoms with Gasteiger partial charge in [-0.1, -0.05) is 38.1 Å². The molecule has 0 amide bonds. The topological polar surface area (TPSA) is 12.9 Å². The molecular weight excluding hydrogens is 206 g/mol. The third kappa shape index (κ3) is 3.16. The summed E-state index contributed by atoms with van der Waals surface area (Å²) in [5.74, 6) is 0.546. The van der Waals surface area contributed by atoms with E-state index in [1.54, 1.807) is 0 Å². The van der Waals surface area contributed by atoms with E-state index < -0.39 is 0 Å². The van der Waals surface area contributed by atoms with Gasteiger partial charge in [0.1, 0.15) is 0 Å². The first-order valence-corrected chi connectivity index (χ1v) is 6.27. The van der Waals surface area contributed by atoms with Crippen molar-refractivity contribution in [2.45, 2.75) is 32.6 Å².